The number of halogens is 1. The van der Waals surface area contributed by atoms with Gasteiger partial charge >= 0.3 is 0 Å². The monoisotopic (exact) mass is 431 g/mol. The smallest absolute Gasteiger partial charge is 0.188 e. The first kappa shape index (κ1) is 19.1. The standard InChI is InChI=1S/C15H21N5O2.HI/c1-21-13-4-3-11(9-14(13)22-2)5-7-17-15(16)18-10-12-6-8-19-20-12;/h3-4,6,8-9H,5,7,10H2,1-2H3,(H,19,20)(H3,16,17,18);1H. The van der Waals surface area contributed by atoms with Crippen LogP contribution in [0, 0.1) is 0 Å². The molecule has 0 radical (unpaired) electrons. The molecule has 126 valence electrons. The fraction of sp³-hybridized carbons (Fsp3) is 0.333. The molecule has 1 aromatic heterocycles. The molecule has 0 aliphatic carbocycles. The number of nitrogens with one attached hydrogen (secondary N) is 2. The van der Waals surface area contributed by atoms with Crippen LogP contribution in [-0.4, -0.2) is 36.9 Å². The Balaban J connectivity index is 0.00000264. The molecule has 0 fully saturated rings. The minimum Gasteiger partial charge on any atom is -0.493 e. The molecule has 23 heavy (non-hydrogen) atoms. The van der Waals surface area contributed by atoms with Crippen molar-refractivity contribution in [2.75, 3.05) is 20.8 Å². The van der Waals surface area contributed by atoms with Gasteiger partial charge in [-0.15, -0.1) is 24.0 Å². The SMILES string of the molecule is COc1ccc(CCNC(N)=NCc2ccn[nH]2)cc1OC.I. The Kier molecular flexibility index (Phi) is 8.23. The second-order valence-corrected chi connectivity index (χ2v) is 4.65. The number of hydrogen-bond donors (Lipinski definition) is 3. The number of aromatic amines is 1. The van der Waals surface area contributed by atoms with E-state index in [2.05, 4.69) is 20.5 Å². The summed E-state index contributed by atoms with van der Waals surface area (Å²) in [5.41, 5.74) is 7.87. The third-order valence-electron chi connectivity index (χ3n) is 3.15. The summed E-state index contributed by atoms with van der Waals surface area (Å²) in [4.78, 5) is 4.23. The van der Waals surface area contributed by atoms with E-state index in [1.807, 2.05) is 24.3 Å². The zero-order chi connectivity index (χ0) is 15.8. The van der Waals surface area contributed by atoms with E-state index in [0.717, 1.165) is 29.2 Å². The van der Waals surface area contributed by atoms with Gasteiger partial charge in [0.05, 0.1) is 26.5 Å². The van der Waals surface area contributed by atoms with E-state index in [-0.39, 0.29) is 24.0 Å². The summed E-state index contributed by atoms with van der Waals surface area (Å²) in [6.45, 7) is 1.17. The molecular formula is C15H22IN5O2. The lowest BCUT2D eigenvalue weighted by molar-refractivity contribution is 0.354. The summed E-state index contributed by atoms with van der Waals surface area (Å²) >= 11 is 0. The number of H-pyrrole nitrogens is 1. The number of nitrogens with two attached hydrogens (primary N) is 1. The highest BCUT2D eigenvalue weighted by atomic mass is 127. The molecule has 7 nitrogen and oxygen atoms in total. The molecule has 0 aliphatic heterocycles. The average Bonchev–Trinajstić information content (AvgIpc) is 3.06. The highest BCUT2D eigenvalue weighted by Crippen LogP contribution is 2.27. The number of aromatic nitrogens is 2. The molecule has 2 rings (SSSR count). The summed E-state index contributed by atoms with van der Waals surface area (Å²) < 4.78 is 10.5. The Morgan fingerprint density at radius 2 is 2.04 bits per heavy atom. The van der Waals surface area contributed by atoms with Crippen molar-refractivity contribution in [3.8, 4) is 11.5 Å². The van der Waals surface area contributed by atoms with Crippen molar-refractivity contribution in [3.05, 3.63) is 41.7 Å². The fourth-order valence-electron chi connectivity index (χ4n) is 1.97. The highest BCUT2D eigenvalue weighted by molar-refractivity contribution is 14.0. The molecule has 8 heteroatoms. The predicted octanol–water partition coefficient (Wildman–Crippen LogP) is 1.69. The van der Waals surface area contributed by atoms with Crippen LogP contribution in [0.5, 0.6) is 11.5 Å². The number of methoxy groups -OCH3 is 2. The molecule has 2 aromatic rings. The van der Waals surface area contributed by atoms with Crippen molar-refractivity contribution in [1.29, 1.82) is 0 Å². The van der Waals surface area contributed by atoms with E-state index in [9.17, 15) is 0 Å². The first-order chi connectivity index (χ1) is 10.7. The first-order valence-electron chi connectivity index (χ1n) is 6.96. The molecule has 0 atom stereocenters. The Labute approximate surface area is 152 Å². The predicted molar refractivity (Wildman–Crippen MR) is 101 cm³/mol. The molecule has 0 saturated carbocycles. The summed E-state index contributed by atoms with van der Waals surface area (Å²) in [5.74, 6) is 1.86. The average molecular weight is 431 g/mol. The molecule has 0 amide bonds. The van der Waals surface area contributed by atoms with Crippen LogP contribution in [0.1, 0.15) is 11.3 Å². The van der Waals surface area contributed by atoms with Crippen LogP contribution < -0.4 is 20.5 Å². The normalized spacial score (nSPS) is 10.8. The Hall–Kier alpha value is -1.97. The quantitative estimate of drug-likeness (QED) is 0.352. The summed E-state index contributed by atoms with van der Waals surface area (Å²) in [6.07, 6.45) is 2.49. The molecule has 0 bridgehead atoms. The summed E-state index contributed by atoms with van der Waals surface area (Å²) in [5, 5.41) is 9.77. The molecule has 1 aromatic carbocycles. The Morgan fingerprint density at radius 1 is 1.26 bits per heavy atom. The second kappa shape index (κ2) is 9.93. The van der Waals surface area contributed by atoms with Crippen molar-refractivity contribution < 1.29 is 9.47 Å². The van der Waals surface area contributed by atoms with Gasteiger partial charge in [0.25, 0.3) is 0 Å². The zero-order valence-electron chi connectivity index (χ0n) is 13.2. The second-order valence-electron chi connectivity index (χ2n) is 4.65. The van der Waals surface area contributed by atoms with Gasteiger partial charge in [-0.2, -0.15) is 5.10 Å². The van der Waals surface area contributed by atoms with Gasteiger partial charge in [-0.05, 0) is 30.2 Å². The van der Waals surface area contributed by atoms with Gasteiger partial charge in [0.2, 0.25) is 0 Å². The maximum atomic E-state index is 5.82. The fourth-order valence-corrected chi connectivity index (χ4v) is 1.97. The lowest BCUT2D eigenvalue weighted by Gasteiger charge is -2.10. The highest BCUT2D eigenvalue weighted by Gasteiger charge is 2.04. The molecule has 1 heterocycles. The molecule has 0 aliphatic rings. The Morgan fingerprint density at radius 3 is 2.70 bits per heavy atom. The molecule has 4 N–H and O–H groups in total. The number of ether oxygens (including phenoxy) is 2. The maximum Gasteiger partial charge on any atom is 0.188 e. The molecule has 0 spiro atoms. The van der Waals surface area contributed by atoms with Crippen LogP contribution in [0.25, 0.3) is 0 Å². The van der Waals surface area contributed by atoms with Gasteiger partial charge in [0.1, 0.15) is 0 Å². The number of guanidine groups is 1. The molecule has 0 unspecified atom stereocenters. The van der Waals surface area contributed by atoms with Gasteiger partial charge in [-0.3, -0.25) is 5.10 Å². The van der Waals surface area contributed by atoms with Crippen molar-refractivity contribution in [2.45, 2.75) is 13.0 Å². The van der Waals surface area contributed by atoms with E-state index in [1.165, 1.54) is 0 Å². The lowest BCUT2D eigenvalue weighted by Crippen LogP contribution is -2.33. The molecule has 0 saturated heterocycles. The largest absolute Gasteiger partial charge is 0.493 e. The zero-order valence-corrected chi connectivity index (χ0v) is 15.5. The van der Waals surface area contributed by atoms with Crippen molar-refractivity contribution in [3.63, 3.8) is 0 Å². The lowest BCUT2D eigenvalue weighted by atomic mass is 10.1. The Bertz CT molecular complexity index is 616. The third-order valence-corrected chi connectivity index (χ3v) is 3.15. The van der Waals surface area contributed by atoms with Gasteiger partial charge in [-0.25, -0.2) is 4.99 Å². The van der Waals surface area contributed by atoms with Crippen molar-refractivity contribution >= 4 is 29.9 Å². The van der Waals surface area contributed by atoms with E-state index >= 15 is 0 Å². The van der Waals surface area contributed by atoms with Crippen LogP contribution in [0.4, 0.5) is 0 Å². The van der Waals surface area contributed by atoms with E-state index in [1.54, 1.807) is 20.4 Å². The van der Waals surface area contributed by atoms with Crippen LogP contribution in [0.3, 0.4) is 0 Å². The van der Waals surface area contributed by atoms with Crippen LogP contribution in [0.15, 0.2) is 35.5 Å². The number of benzene rings is 1. The first-order valence-corrected chi connectivity index (χ1v) is 6.96. The third kappa shape index (κ3) is 5.97. The topological polar surface area (TPSA) is 97.5 Å². The van der Waals surface area contributed by atoms with Gasteiger partial charge < -0.3 is 20.5 Å². The maximum absolute atomic E-state index is 5.82. The van der Waals surface area contributed by atoms with Crippen LogP contribution >= 0.6 is 24.0 Å². The van der Waals surface area contributed by atoms with Crippen molar-refractivity contribution in [2.24, 2.45) is 10.7 Å². The number of nitrogens with zero attached hydrogens (tertiary/aromatic N) is 2. The number of rotatable bonds is 7. The summed E-state index contributed by atoms with van der Waals surface area (Å²) in [6, 6.07) is 7.71. The number of hydrogen-bond acceptors (Lipinski definition) is 4. The van der Waals surface area contributed by atoms with Crippen LogP contribution in [-0.2, 0) is 13.0 Å². The minimum absolute atomic E-state index is 0. The summed E-state index contributed by atoms with van der Waals surface area (Å²) in [7, 11) is 3.25. The number of aliphatic imine (C=N–C) groups is 1. The van der Waals surface area contributed by atoms with Crippen LogP contribution in [0.2, 0.25) is 0 Å². The van der Waals surface area contributed by atoms with Gasteiger partial charge in [0, 0.05) is 12.7 Å². The van der Waals surface area contributed by atoms with E-state index in [4.69, 9.17) is 15.2 Å². The van der Waals surface area contributed by atoms with Crippen molar-refractivity contribution in [1.82, 2.24) is 15.5 Å². The van der Waals surface area contributed by atoms with Gasteiger partial charge in [0.15, 0.2) is 17.5 Å². The van der Waals surface area contributed by atoms with Gasteiger partial charge in [-0.1, -0.05) is 6.07 Å². The van der Waals surface area contributed by atoms with E-state index in [0.29, 0.717) is 19.0 Å². The molecular weight excluding hydrogens is 409 g/mol. The minimum atomic E-state index is 0. The van der Waals surface area contributed by atoms with E-state index < -0.39 is 0 Å².